The molecule has 0 bridgehead atoms. The fourth-order valence-electron chi connectivity index (χ4n) is 2.58. The van der Waals surface area contributed by atoms with Crippen molar-refractivity contribution in [1.29, 1.82) is 5.26 Å². The number of rotatable bonds is 6. The molecule has 1 saturated carbocycles. The first-order chi connectivity index (χ1) is 10.7. The molecular weight excluding hydrogens is 276 g/mol. The average Bonchev–Trinajstić information content (AvgIpc) is 3.31. The number of hydrogen-bond acceptors (Lipinski definition) is 5. The average molecular weight is 296 g/mol. The first-order valence-corrected chi connectivity index (χ1v) is 7.78. The van der Waals surface area contributed by atoms with Crippen molar-refractivity contribution in [3.63, 3.8) is 0 Å². The van der Waals surface area contributed by atoms with Crippen molar-refractivity contribution < 1.29 is 4.52 Å². The molecule has 3 rings (SSSR count). The van der Waals surface area contributed by atoms with Crippen molar-refractivity contribution in [3.8, 4) is 6.07 Å². The maximum atomic E-state index is 8.88. The fourth-order valence-corrected chi connectivity index (χ4v) is 2.58. The van der Waals surface area contributed by atoms with Crippen LogP contribution in [-0.4, -0.2) is 21.6 Å². The predicted octanol–water partition coefficient (Wildman–Crippen LogP) is 3.40. The molecule has 114 valence electrons. The van der Waals surface area contributed by atoms with Gasteiger partial charge in [0.25, 0.3) is 0 Å². The lowest BCUT2D eigenvalue weighted by Crippen LogP contribution is -2.26. The largest absolute Gasteiger partial charge is 0.338 e. The summed E-state index contributed by atoms with van der Waals surface area (Å²) in [6, 6.07) is 10.1. The van der Waals surface area contributed by atoms with Gasteiger partial charge in [-0.1, -0.05) is 24.2 Å². The van der Waals surface area contributed by atoms with Crippen LogP contribution < -0.4 is 0 Å². The van der Waals surface area contributed by atoms with E-state index >= 15 is 0 Å². The molecule has 1 aliphatic rings. The third-order valence-corrected chi connectivity index (χ3v) is 4.24. The van der Waals surface area contributed by atoms with E-state index < -0.39 is 0 Å². The highest BCUT2D eigenvalue weighted by molar-refractivity contribution is 5.32. The highest BCUT2D eigenvalue weighted by Crippen LogP contribution is 2.38. The highest BCUT2D eigenvalue weighted by Gasteiger charge is 2.29. The summed E-state index contributed by atoms with van der Waals surface area (Å²) in [5.74, 6) is 2.06. The van der Waals surface area contributed by atoms with Gasteiger partial charge in [0.05, 0.1) is 18.2 Å². The summed E-state index contributed by atoms with van der Waals surface area (Å²) in [6.45, 7) is 5.82. The molecule has 2 aromatic rings. The monoisotopic (exact) mass is 296 g/mol. The molecule has 1 aromatic heterocycles. The fraction of sp³-hybridized carbons (Fsp3) is 0.471. The number of nitriles is 1. The number of aromatic nitrogens is 2. The van der Waals surface area contributed by atoms with Crippen molar-refractivity contribution in [2.45, 2.75) is 45.2 Å². The molecule has 0 N–H and O–H groups in total. The predicted molar refractivity (Wildman–Crippen MR) is 81.9 cm³/mol. The topological polar surface area (TPSA) is 66.0 Å². The zero-order valence-electron chi connectivity index (χ0n) is 13.0. The summed E-state index contributed by atoms with van der Waals surface area (Å²) in [5.41, 5.74) is 1.87. The summed E-state index contributed by atoms with van der Waals surface area (Å²) in [4.78, 5) is 6.78. The summed E-state index contributed by atoms with van der Waals surface area (Å²) in [6.07, 6.45) is 2.36. The van der Waals surface area contributed by atoms with Crippen LogP contribution in [0.1, 0.15) is 61.5 Å². The maximum Gasteiger partial charge on any atom is 0.240 e. The zero-order valence-corrected chi connectivity index (χ0v) is 13.0. The van der Waals surface area contributed by atoms with Crippen LogP contribution in [0.3, 0.4) is 0 Å². The summed E-state index contributed by atoms with van der Waals surface area (Å²) in [7, 11) is 0. The minimum atomic E-state index is 0.231. The summed E-state index contributed by atoms with van der Waals surface area (Å²) in [5, 5.41) is 13.0. The van der Waals surface area contributed by atoms with Crippen LogP contribution in [0.15, 0.2) is 28.8 Å². The van der Waals surface area contributed by atoms with Crippen LogP contribution in [0, 0.1) is 11.3 Å². The van der Waals surface area contributed by atoms with Crippen molar-refractivity contribution in [2.75, 3.05) is 6.54 Å². The second-order valence-corrected chi connectivity index (χ2v) is 5.79. The van der Waals surface area contributed by atoms with E-state index in [9.17, 15) is 0 Å². The Balaban J connectivity index is 1.69. The van der Waals surface area contributed by atoms with Gasteiger partial charge >= 0.3 is 0 Å². The molecule has 1 unspecified atom stereocenters. The molecule has 1 heterocycles. The van der Waals surface area contributed by atoms with E-state index in [1.54, 1.807) is 0 Å². The SMILES string of the molecule is CCN(Cc1nc(C2CC2)no1)C(C)c1ccc(C#N)cc1. The van der Waals surface area contributed by atoms with Crippen molar-refractivity contribution in [3.05, 3.63) is 47.1 Å². The van der Waals surface area contributed by atoms with E-state index in [2.05, 4.69) is 35.0 Å². The summed E-state index contributed by atoms with van der Waals surface area (Å²) >= 11 is 0. The third kappa shape index (κ3) is 3.18. The van der Waals surface area contributed by atoms with Gasteiger partial charge in [0, 0.05) is 12.0 Å². The van der Waals surface area contributed by atoms with Gasteiger partial charge in [-0.3, -0.25) is 4.90 Å². The van der Waals surface area contributed by atoms with Crippen LogP contribution in [0.2, 0.25) is 0 Å². The first kappa shape index (κ1) is 14.7. The normalized spacial score (nSPS) is 15.7. The first-order valence-electron chi connectivity index (χ1n) is 7.78. The third-order valence-electron chi connectivity index (χ3n) is 4.24. The summed E-state index contributed by atoms with van der Waals surface area (Å²) < 4.78 is 5.37. The Morgan fingerprint density at radius 3 is 2.68 bits per heavy atom. The quantitative estimate of drug-likeness (QED) is 0.817. The molecule has 1 aliphatic carbocycles. The Kier molecular flexibility index (Phi) is 4.21. The molecule has 1 aromatic carbocycles. The minimum Gasteiger partial charge on any atom is -0.338 e. The van der Waals surface area contributed by atoms with Gasteiger partial charge in [-0.05, 0) is 44.0 Å². The van der Waals surface area contributed by atoms with Gasteiger partial charge < -0.3 is 4.52 Å². The minimum absolute atomic E-state index is 0.231. The number of benzene rings is 1. The van der Waals surface area contributed by atoms with Crippen LogP contribution >= 0.6 is 0 Å². The van der Waals surface area contributed by atoms with Crippen LogP contribution in [0.5, 0.6) is 0 Å². The Morgan fingerprint density at radius 2 is 2.09 bits per heavy atom. The second kappa shape index (κ2) is 6.29. The molecule has 0 saturated heterocycles. The van der Waals surface area contributed by atoms with Crippen LogP contribution in [-0.2, 0) is 6.54 Å². The Hall–Kier alpha value is -2.19. The molecule has 0 amide bonds. The van der Waals surface area contributed by atoms with Crippen molar-refractivity contribution in [2.24, 2.45) is 0 Å². The van der Waals surface area contributed by atoms with Gasteiger partial charge in [-0.15, -0.1) is 0 Å². The smallest absolute Gasteiger partial charge is 0.240 e. The van der Waals surface area contributed by atoms with Gasteiger partial charge in [-0.25, -0.2) is 0 Å². The molecule has 1 fully saturated rings. The standard InChI is InChI=1S/C17H20N4O/c1-3-21(11-16-19-17(20-22-16)15-8-9-15)12(2)14-6-4-13(10-18)5-7-14/h4-7,12,15H,3,8-9,11H2,1-2H3. The molecule has 5 heteroatoms. The molecule has 0 aliphatic heterocycles. The molecule has 22 heavy (non-hydrogen) atoms. The van der Waals surface area contributed by atoms with Gasteiger partial charge in [0.1, 0.15) is 0 Å². The molecule has 1 atom stereocenters. The molecule has 0 radical (unpaired) electrons. The number of nitrogens with zero attached hydrogens (tertiary/aromatic N) is 4. The number of hydrogen-bond donors (Lipinski definition) is 0. The lowest BCUT2D eigenvalue weighted by Gasteiger charge is -2.26. The Bertz CT molecular complexity index is 667. The van der Waals surface area contributed by atoms with E-state index in [0.29, 0.717) is 23.9 Å². The van der Waals surface area contributed by atoms with E-state index in [1.807, 2.05) is 24.3 Å². The van der Waals surface area contributed by atoms with E-state index in [-0.39, 0.29) is 6.04 Å². The van der Waals surface area contributed by atoms with Crippen molar-refractivity contribution in [1.82, 2.24) is 15.0 Å². The van der Waals surface area contributed by atoms with Crippen molar-refractivity contribution >= 4 is 0 Å². The highest BCUT2D eigenvalue weighted by atomic mass is 16.5. The van der Waals surface area contributed by atoms with E-state index in [0.717, 1.165) is 12.4 Å². The van der Waals surface area contributed by atoms with E-state index in [4.69, 9.17) is 9.78 Å². The zero-order chi connectivity index (χ0) is 15.5. The molecule has 0 spiro atoms. The van der Waals surface area contributed by atoms with Gasteiger partial charge in [0.15, 0.2) is 5.82 Å². The maximum absolute atomic E-state index is 8.88. The van der Waals surface area contributed by atoms with Crippen LogP contribution in [0.4, 0.5) is 0 Å². The Labute approximate surface area is 130 Å². The van der Waals surface area contributed by atoms with E-state index in [1.165, 1.54) is 18.4 Å². The molecule has 5 nitrogen and oxygen atoms in total. The van der Waals surface area contributed by atoms with Gasteiger partial charge in [-0.2, -0.15) is 10.2 Å². The lowest BCUT2D eigenvalue weighted by molar-refractivity contribution is 0.184. The Morgan fingerprint density at radius 1 is 1.36 bits per heavy atom. The molecular formula is C17H20N4O. The van der Waals surface area contributed by atoms with Crippen LogP contribution in [0.25, 0.3) is 0 Å². The lowest BCUT2D eigenvalue weighted by atomic mass is 10.1. The second-order valence-electron chi connectivity index (χ2n) is 5.79. The van der Waals surface area contributed by atoms with Gasteiger partial charge in [0.2, 0.25) is 5.89 Å².